The van der Waals surface area contributed by atoms with Crippen molar-refractivity contribution in [2.75, 3.05) is 12.4 Å². The van der Waals surface area contributed by atoms with Crippen LogP contribution in [0.3, 0.4) is 0 Å². The second-order valence-corrected chi connectivity index (χ2v) is 5.40. The SMILES string of the molecule is N[C@H]1CC=C(C(=O)OCCSc2ccccc2)C1. The molecule has 0 radical (unpaired) electrons. The molecule has 1 aromatic rings. The summed E-state index contributed by atoms with van der Waals surface area (Å²) in [6, 6.07) is 10.2. The van der Waals surface area contributed by atoms with E-state index < -0.39 is 0 Å². The molecule has 1 aromatic carbocycles. The van der Waals surface area contributed by atoms with Crippen LogP contribution < -0.4 is 5.73 Å². The molecule has 0 saturated heterocycles. The van der Waals surface area contributed by atoms with Gasteiger partial charge in [-0.1, -0.05) is 24.3 Å². The van der Waals surface area contributed by atoms with Gasteiger partial charge < -0.3 is 10.5 Å². The van der Waals surface area contributed by atoms with Crippen LogP contribution in [-0.4, -0.2) is 24.4 Å². The van der Waals surface area contributed by atoms with Gasteiger partial charge in [-0.15, -0.1) is 11.8 Å². The molecule has 0 saturated carbocycles. The summed E-state index contributed by atoms with van der Waals surface area (Å²) in [6.07, 6.45) is 3.31. The molecule has 0 heterocycles. The zero-order chi connectivity index (χ0) is 12.8. The van der Waals surface area contributed by atoms with E-state index in [1.54, 1.807) is 11.8 Å². The van der Waals surface area contributed by atoms with E-state index in [9.17, 15) is 4.79 Å². The van der Waals surface area contributed by atoms with Gasteiger partial charge in [0.05, 0.1) is 0 Å². The number of hydrogen-bond donors (Lipinski definition) is 1. The zero-order valence-corrected chi connectivity index (χ0v) is 11.0. The minimum atomic E-state index is -0.211. The number of ether oxygens (including phenoxy) is 1. The first-order chi connectivity index (χ1) is 8.75. The van der Waals surface area contributed by atoms with E-state index in [1.807, 2.05) is 36.4 Å². The maximum atomic E-state index is 11.6. The number of carbonyl (C=O) groups is 1. The fourth-order valence-corrected chi connectivity index (χ4v) is 2.56. The molecular formula is C14H17NO2S. The second-order valence-electron chi connectivity index (χ2n) is 4.23. The molecule has 0 fully saturated rings. The number of benzene rings is 1. The van der Waals surface area contributed by atoms with Crippen molar-refractivity contribution in [3.05, 3.63) is 42.0 Å². The fraction of sp³-hybridized carbons (Fsp3) is 0.357. The molecule has 1 atom stereocenters. The van der Waals surface area contributed by atoms with E-state index in [1.165, 1.54) is 4.90 Å². The molecule has 3 nitrogen and oxygen atoms in total. The first-order valence-corrected chi connectivity index (χ1v) is 7.04. The number of carbonyl (C=O) groups excluding carboxylic acids is 1. The summed E-state index contributed by atoms with van der Waals surface area (Å²) in [5.41, 5.74) is 6.46. The summed E-state index contributed by atoms with van der Waals surface area (Å²) in [4.78, 5) is 12.8. The van der Waals surface area contributed by atoms with Crippen LogP contribution in [0.4, 0.5) is 0 Å². The van der Waals surface area contributed by atoms with Crippen LogP contribution in [0.5, 0.6) is 0 Å². The Morgan fingerprint density at radius 3 is 2.83 bits per heavy atom. The Balaban J connectivity index is 1.65. The highest BCUT2D eigenvalue weighted by molar-refractivity contribution is 7.99. The quantitative estimate of drug-likeness (QED) is 0.503. The lowest BCUT2D eigenvalue weighted by Crippen LogP contribution is -2.17. The highest BCUT2D eigenvalue weighted by Crippen LogP contribution is 2.19. The Morgan fingerprint density at radius 1 is 1.39 bits per heavy atom. The zero-order valence-electron chi connectivity index (χ0n) is 10.2. The Bertz CT molecular complexity index is 431. The third-order valence-corrected chi connectivity index (χ3v) is 3.72. The van der Waals surface area contributed by atoms with Crippen molar-refractivity contribution in [1.29, 1.82) is 0 Å². The summed E-state index contributed by atoms with van der Waals surface area (Å²) in [7, 11) is 0. The smallest absolute Gasteiger partial charge is 0.333 e. The average molecular weight is 263 g/mol. The molecule has 18 heavy (non-hydrogen) atoms. The van der Waals surface area contributed by atoms with Crippen molar-refractivity contribution in [2.45, 2.75) is 23.8 Å². The van der Waals surface area contributed by atoms with Gasteiger partial charge in [0.1, 0.15) is 6.61 Å². The fourth-order valence-electron chi connectivity index (χ4n) is 1.81. The number of thioether (sulfide) groups is 1. The Morgan fingerprint density at radius 2 is 2.17 bits per heavy atom. The Labute approximate surface area is 111 Å². The van der Waals surface area contributed by atoms with Crippen LogP contribution in [-0.2, 0) is 9.53 Å². The van der Waals surface area contributed by atoms with Crippen molar-refractivity contribution in [2.24, 2.45) is 5.73 Å². The topological polar surface area (TPSA) is 52.3 Å². The van der Waals surface area contributed by atoms with Gasteiger partial charge in [0.25, 0.3) is 0 Å². The van der Waals surface area contributed by atoms with Gasteiger partial charge in [-0.05, 0) is 25.0 Å². The van der Waals surface area contributed by atoms with E-state index >= 15 is 0 Å². The number of rotatable bonds is 5. The lowest BCUT2D eigenvalue weighted by Gasteiger charge is -2.06. The summed E-state index contributed by atoms with van der Waals surface area (Å²) >= 11 is 1.68. The van der Waals surface area contributed by atoms with Crippen molar-refractivity contribution in [3.63, 3.8) is 0 Å². The molecule has 4 heteroatoms. The van der Waals surface area contributed by atoms with Crippen LogP contribution in [0.25, 0.3) is 0 Å². The molecule has 0 spiro atoms. The predicted octanol–water partition coefficient (Wildman–Crippen LogP) is 2.37. The van der Waals surface area contributed by atoms with Gasteiger partial charge >= 0.3 is 5.97 Å². The molecule has 96 valence electrons. The normalized spacial score (nSPS) is 18.5. The third kappa shape index (κ3) is 3.89. The van der Waals surface area contributed by atoms with Gasteiger partial charge in [0, 0.05) is 22.3 Å². The van der Waals surface area contributed by atoms with Crippen LogP contribution in [0.1, 0.15) is 12.8 Å². The van der Waals surface area contributed by atoms with Gasteiger partial charge in [-0.25, -0.2) is 4.79 Å². The lowest BCUT2D eigenvalue weighted by atomic mass is 10.2. The molecule has 0 unspecified atom stereocenters. The molecule has 0 bridgehead atoms. The van der Waals surface area contributed by atoms with E-state index in [2.05, 4.69) is 0 Å². The van der Waals surface area contributed by atoms with Crippen molar-refractivity contribution in [1.82, 2.24) is 0 Å². The summed E-state index contributed by atoms with van der Waals surface area (Å²) in [6.45, 7) is 0.435. The van der Waals surface area contributed by atoms with Crippen LogP contribution in [0, 0.1) is 0 Å². The minimum absolute atomic E-state index is 0.0891. The molecule has 1 aliphatic rings. The standard InChI is InChI=1S/C14H17NO2S/c15-12-7-6-11(10-12)14(16)17-8-9-18-13-4-2-1-3-5-13/h1-6,12H,7-10,15H2/t12-/m0/s1. The van der Waals surface area contributed by atoms with Crippen molar-refractivity contribution < 1.29 is 9.53 Å². The monoisotopic (exact) mass is 263 g/mol. The molecule has 2 rings (SSSR count). The lowest BCUT2D eigenvalue weighted by molar-refractivity contribution is -0.138. The van der Waals surface area contributed by atoms with E-state index in [-0.39, 0.29) is 12.0 Å². The second kappa shape index (κ2) is 6.61. The minimum Gasteiger partial charge on any atom is -0.461 e. The Hall–Kier alpha value is -1.26. The molecule has 2 N–H and O–H groups in total. The first kappa shape index (κ1) is 13.2. The highest BCUT2D eigenvalue weighted by atomic mass is 32.2. The van der Waals surface area contributed by atoms with Crippen molar-refractivity contribution in [3.8, 4) is 0 Å². The third-order valence-electron chi connectivity index (χ3n) is 2.74. The van der Waals surface area contributed by atoms with E-state index in [0.717, 1.165) is 17.7 Å². The molecule has 0 amide bonds. The van der Waals surface area contributed by atoms with Gasteiger partial charge in [-0.3, -0.25) is 0 Å². The van der Waals surface area contributed by atoms with Gasteiger partial charge in [-0.2, -0.15) is 0 Å². The van der Waals surface area contributed by atoms with Crippen LogP contribution >= 0.6 is 11.8 Å². The first-order valence-electron chi connectivity index (χ1n) is 6.05. The number of esters is 1. The summed E-state index contributed by atoms with van der Waals surface area (Å²) in [5.74, 6) is 0.561. The highest BCUT2D eigenvalue weighted by Gasteiger charge is 2.19. The molecule has 0 aliphatic heterocycles. The van der Waals surface area contributed by atoms with Crippen molar-refractivity contribution >= 4 is 17.7 Å². The maximum absolute atomic E-state index is 11.6. The van der Waals surface area contributed by atoms with E-state index in [0.29, 0.717) is 13.0 Å². The van der Waals surface area contributed by atoms with E-state index in [4.69, 9.17) is 10.5 Å². The molecule has 0 aromatic heterocycles. The average Bonchev–Trinajstić information content (AvgIpc) is 2.82. The number of nitrogens with two attached hydrogens (primary N) is 1. The molecular weight excluding hydrogens is 246 g/mol. The largest absolute Gasteiger partial charge is 0.461 e. The van der Waals surface area contributed by atoms with Gasteiger partial charge in [0.15, 0.2) is 0 Å². The molecule has 1 aliphatic carbocycles. The maximum Gasteiger partial charge on any atom is 0.333 e. The number of hydrogen-bond acceptors (Lipinski definition) is 4. The predicted molar refractivity (Wildman–Crippen MR) is 73.4 cm³/mol. The van der Waals surface area contributed by atoms with Crippen LogP contribution in [0.15, 0.2) is 46.9 Å². The Kier molecular flexibility index (Phi) is 4.84. The van der Waals surface area contributed by atoms with Gasteiger partial charge in [0.2, 0.25) is 0 Å². The summed E-state index contributed by atoms with van der Waals surface area (Å²) in [5, 5.41) is 0. The summed E-state index contributed by atoms with van der Waals surface area (Å²) < 4.78 is 5.21. The van der Waals surface area contributed by atoms with Crippen LogP contribution in [0.2, 0.25) is 0 Å².